The first kappa shape index (κ1) is 13.2. The van der Waals surface area contributed by atoms with E-state index in [0.29, 0.717) is 22.7 Å². The normalized spacial score (nSPS) is 10.3. The zero-order valence-electron chi connectivity index (χ0n) is 10.9. The number of hydrogen-bond donors (Lipinski definition) is 1. The first-order valence-electron chi connectivity index (χ1n) is 5.92. The van der Waals surface area contributed by atoms with Gasteiger partial charge in [-0.05, 0) is 36.8 Å². The first-order chi connectivity index (χ1) is 9.11. The highest BCUT2D eigenvalue weighted by Crippen LogP contribution is 2.29. The molecule has 2 N–H and O–H groups in total. The van der Waals surface area contributed by atoms with Gasteiger partial charge in [0.1, 0.15) is 12.4 Å². The second kappa shape index (κ2) is 5.61. The van der Waals surface area contributed by atoms with E-state index in [1.807, 2.05) is 19.1 Å². The molecular formula is C15H16FNO2. The lowest BCUT2D eigenvalue weighted by Gasteiger charge is -2.12. The lowest BCUT2D eigenvalue weighted by Crippen LogP contribution is -2.04. The summed E-state index contributed by atoms with van der Waals surface area (Å²) in [5, 5.41) is 0. The number of methoxy groups -OCH3 is 1. The van der Waals surface area contributed by atoms with E-state index in [1.54, 1.807) is 25.3 Å². The molecule has 0 spiro atoms. The van der Waals surface area contributed by atoms with E-state index in [4.69, 9.17) is 15.2 Å². The number of halogens is 1. The molecule has 0 heterocycles. The summed E-state index contributed by atoms with van der Waals surface area (Å²) in [6, 6.07) is 10.1. The van der Waals surface area contributed by atoms with Crippen LogP contribution in [0.3, 0.4) is 0 Å². The van der Waals surface area contributed by atoms with Crippen molar-refractivity contribution in [2.45, 2.75) is 13.5 Å². The highest BCUT2D eigenvalue weighted by molar-refractivity contribution is 5.48. The fourth-order valence-corrected chi connectivity index (χ4v) is 1.77. The molecule has 0 amide bonds. The molecule has 0 unspecified atom stereocenters. The molecule has 0 fully saturated rings. The van der Waals surface area contributed by atoms with Gasteiger partial charge in [-0.1, -0.05) is 12.1 Å². The van der Waals surface area contributed by atoms with Crippen molar-refractivity contribution in [2.24, 2.45) is 0 Å². The van der Waals surface area contributed by atoms with E-state index in [0.717, 1.165) is 5.56 Å². The minimum Gasteiger partial charge on any atom is -0.493 e. The molecule has 0 radical (unpaired) electrons. The number of ether oxygens (including phenoxy) is 2. The Labute approximate surface area is 111 Å². The lowest BCUT2D eigenvalue weighted by molar-refractivity contribution is 0.280. The Morgan fingerprint density at radius 1 is 1.16 bits per heavy atom. The average Bonchev–Trinajstić information content (AvgIpc) is 2.39. The molecule has 0 atom stereocenters. The summed E-state index contributed by atoms with van der Waals surface area (Å²) in [6.45, 7) is 2.03. The van der Waals surface area contributed by atoms with Gasteiger partial charge >= 0.3 is 0 Å². The molecule has 0 aliphatic heterocycles. The van der Waals surface area contributed by atoms with E-state index in [9.17, 15) is 4.39 Å². The minimum atomic E-state index is -0.369. The van der Waals surface area contributed by atoms with Crippen LogP contribution in [0.15, 0.2) is 36.4 Å². The maximum atomic E-state index is 13.6. The van der Waals surface area contributed by atoms with Gasteiger partial charge < -0.3 is 15.2 Å². The van der Waals surface area contributed by atoms with Crippen molar-refractivity contribution >= 4 is 5.69 Å². The van der Waals surface area contributed by atoms with E-state index >= 15 is 0 Å². The summed E-state index contributed by atoms with van der Waals surface area (Å²) in [6.07, 6.45) is 0. The lowest BCUT2D eigenvalue weighted by atomic mass is 10.2. The molecule has 0 aliphatic carbocycles. The molecule has 19 heavy (non-hydrogen) atoms. The summed E-state index contributed by atoms with van der Waals surface area (Å²) in [5.41, 5.74) is 7.53. The van der Waals surface area contributed by atoms with Crippen LogP contribution in [-0.4, -0.2) is 7.11 Å². The number of anilines is 1. The molecular weight excluding hydrogens is 245 g/mol. The van der Waals surface area contributed by atoms with Gasteiger partial charge in [-0.25, -0.2) is 4.39 Å². The van der Waals surface area contributed by atoms with E-state index < -0.39 is 0 Å². The second-order valence-electron chi connectivity index (χ2n) is 4.25. The van der Waals surface area contributed by atoms with Gasteiger partial charge in [-0.3, -0.25) is 0 Å². The van der Waals surface area contributed by atoms with Crippen LogP contribution in [0.2, 0.25) is 0 Å². The Kier molecular flexibility index (Phi) is 3.90. The topological polar surface area (TPSA) is 44.5 Å². The summed E-state index contributed by atoms with van der Waals surface area (Å²) in [7, 11) is 1.57. The van der Waals surface area contributed by atoms with Crippen molar-refractivity contribution in [1.82, 2.24) is 0 Å². The number of rotatable bonds is 4. The fourth-order valence-electron chi connectivity index (χ4n) is 1.77. The molecule has 100 valence electrons. The van der Waals surface area contributed by atoms with Gasteiger partial charge in [0.25, 0.3) is 0 Å². The van der Waals surface area contributed by atoms with E-state index in [2.05, 4.69) is 0 Å². The van der Waals surface area contributed by atoms with Crippen LogP contribution in [-0.2, 0) is 6.61 Å². The molecule has 0 aliphatic rings. The number of nitrogen functional groups attached to an aromatic ring is 1. The number of nitrogens with two attached hydrogens (primary N) is 1. The minimum absolute atomic E-state index is 0.0674. The summed E-state index contributed by atoms with van der Waals surface area (Å²) >= 11 is 0. The Morgan fingerprint density at radius 3 is 2.63 bits per heavy atom. The molecule has 0 aromatic heterocycles. The van der Waals surface area contributed by atoms with Crippen LogP contribution >= 0.6 is 0 Å². The van der Waals surface area contributed by atoms with Crippen LogP contribution in [0.5, 0.6) is 11.5 Å². The molecule has 0 bridgehead atoms. The molecule has 2 aromatic carbocycles. The van der Waals surface area contributed by atoms with E-state index in [1.165, 1.54) is 6.07 Å². The largest absolute Gasteiger partial charge is 0.493 e. The number of hydrogen-bond acceptors (Lipinski definition) is 3. The Morgan fingerprint density at radius 2 is 1.95 bits per heavy atom. The highest BCUT2D eigenvalue weighted by Gasteiger charge is 2.09. The van der Waals surface area contributed by atoms with Crippen molar-refractivity contribution < 1.29 is 13.9 Å². The Hall–Kier alpha value is -2.23. The van der Waals surface area contributed by atoms with Crippen LogP contribution < -0.4 is 15.2 Å². The maximum Gasteiger partial charge on any atom is 0.161 e. The molecule has 3 nitrogen and oxygen atoms in total. The van der Waals surface area contributed by atoms with Gasteiger partial charge in [0, 0.05) is 11.3 Å². The third-order valence-corrected chi connectivity index (χ3v) is 2.85. The monoisotopic (exact) mass is 261 g/mol. The predicted octanol–water partition coefficient (Wildman–Crippen LogP) is 3.30. The van der Waals surface area contributed by atoms with Crippen molar-refractivity contribution in [3.63, 3.8) is 0 Å². The quantitative estimate of drug-likeness (QED) is 0.859. The van der Waals surface area contributed by atoms with Crippen LogP contribution in [0, 0.1) is 12.7 Å². The van der Waals surface area contributed by atoms with Gasteiger partial charge in [-0.2, -0.15) is 0 Å². The molecule has 4 heteroatoms. The second-order valence-corrected chi connectivity index (χ2v) is 4.25. The van der Waals surface area contributed by atoms with Gasteiger partial charge in [-0.15, -0.1) is 0 Å². The fraction of sp³-hybridized carbons (Fsp3) is 0.200. The van der Waals surface area contributed by atoms with Gasteiger partial charge in [0.15, 0.2) is 11.5 Å². The predicted molar refractivity (Wildman–Crippen MR) is 72.9 cm³/mol. The summed E-state index contributed by atoms with van der Waals surface area (Å²) < 4.78 is 24.4. The summed E-state index contributed by atoms with van der Waals surface area (Å²) in [5.74, 6) is 0.816. The van der Waals surface area contributed by atoms with Crippen molar-refractivity contribution in [1.29, 1.82) is 0 Å². The third kappa shape index (κ3) is 2.96. The maximum absolute atomic E-state index is 13.6. The van der Waals surface area contributed by atoms with Crippen molar-refractivity contribution in [3.8, 4) is 11.5 Å². The Balaban J connectivity index is 2.19. The highest BCUT2D eigenvalue weighted by atomic mass is 19.1. The number of benzene rings is 2. The van der Waals surface area contributed by atoms with Gasteiger partial charge in [0.2, 0.25) is 0 Å². The standard InChI is InChI=1S/C15H16FNO2/c1-10-6-7-14(15(8-10)18-2)19-9-11-12(16)4-3-5-13(11)17/h3-8H,9,17H2,1-2H3. The third-order valence-electron chi connectivity index (χ3n) is 2.85. The van der Waals surface area contributed by atoms with Crippen molar-refractivity contribution in [2.75, 3.05) is 12.8 Å². The molecule has 0 saturated carbocycles. The van der Waals surface area contributed by atoms with Crippen LogP contribution in [0.1, 0.15) is 11.1 Å². The molecule has 0 saturated heterocycles. The van der Waals surface area contributed by atoms with Crippen molar-refractivity contribution in [3.05, 3.63) is 53.3 Å². The van der Waals surface area contributed by atoms with Crippen LogP contribution in [0.25, 0.3) is 0 Å². The average molecular weight is 261 g/mol. The zero-order valence-corrected chi connectivity index (χ0v) is 10.9. The van der Waals surface area contributed by atoms with E-state index in [-0.39, 0.29) is 12.4 Å². The zero-order chi connectivity index (χ0) is 13.8. The van der Waals surface area contributed by atoms with Crippen LogP contribution in [0.4, 0.5) is 10.1 Å². The smallest absolute Gasteiger partial charge is 0.161 e. The summed E-state index contributed by atoms with van der Waals surface area (Å²) in [4.78, 5) is 0. The Bertz CT molecular complexity index is 564. The first-order valence-corrected chi connectivity index (χ1v) is 5.92. The van der Waals surface area contributed by atoms with Gasteiger partial charge in [0.05, 0.1) is 7.11 Å². The SMILES string of the molecule is COc1cc(C)ccc1OCc1c(N)cccc1F. The number of aryl methyl sites for hydroxylation is 1. The molecule has 2 rings (SSSR count). The molecule has 2 aromatic rings.